The number of nitrogens with zero attached hydrogens (tertiary/aromatic N) is 3. The second-order valence-electron chi connectivity index (χ2n) is 5.23. The van der Waals surface area contributed by atoms with Gasteiger partial charge in [0.05, 0.1) is 18.9 Å². The Labute approximate surface area is 123 Å². The lowest BCUT2D eigenvalue weighted by Gasteiger charge is -2.37. The van der Waals surface area contributed by atoms with E-state index in [0.29, 0.717) is 30.6 Å². The molecule has 0 amide bonds. The van der Waals surface area contributed by atoms with Crippen molar-refractivity contribution in [3.8, 4) is 11.6 Å². The van der Waals surface area contributed by atoms with E-state index >= 15 is 0 Å². The van der Waals surface area contributed by atoms with E-state index in [9.17, 15) is 0 Å². The number of ether oxygens (including phenoxy) is 1. The van der Waals surface area contributed by atoms with Gasteiger partial charge in [-0.05, 0) is 25.0 Å². The summed E-state index contributed by atoms with van der Waals surface area (Å²) < 4.78 is 16.0. The highest BCUT2D eigenvalue weighted by Crippen LogP contribution is 2.22. The summed E-state index contributed by atoms with van der Waals surface area (Å²) >= 11 is 0. The van der Waals surface area contributed by atoms with Crippen LogP contribution in [-0.4, -0.2) is 47.4 Å². The molecule has 1 aliphatic heterocycles. The molecule has 1 aliphatic rings. The fourth-order valence-corrected chi connectivity index (χ4v) is 2.73. The van der Waals surface area contributed by atoms with Crippen molar-refractivity contribution >= 4 is 0 Å². The maximum atomic E-state index is 5.87. The van der Waals surface area contributed by atoms with Crippen molar-refractivity contribution in [2.45, 2.75) is 31.5 Å². The molecule has 2 unspecified atom stereocenters. The van der Waals surface area contributed by atoms with Crippen LogP contribution in [0.25, 0.3) is 11.6 Å². The molecule has 3 rings (SSSR count). The molecule has 1 saturated heterocycles. The second-order valence-corrected chi connectivity index (χ2v) is 5.23. The SMILES string of the molecule is COC1CCN(Cc2nc(-c3ccco3)no2)C(CN)C1. The van der Waals surface area contributed by atoms with Crippen molar-refractivity contribution in [2.75, 3.05) is 20.2 Å². The summed E-state index contributed by atoms with van der Waals surface area (Å²) in [6.07, 6.45) is 3.81. The molecule has 0 aromatic carbocycles. The van der Waals surface area contributed by atoms with Crippen LogP contribution in [-0.2, 0) is 11.3 Å². The molecule has 0 radical (unpaired) electrons. The molecule has 114 valence electrons. The Balaban J connectivity index is 1.66. The van der Waals surface area contributed by atoms with Gasteiger partial charge in [0, 0.05) is 26.2 Å². The highest BCUT2D eigenvalue weighted by molar-refractivity contribution is 5.44. The Morgan fingerprint density at radius 1 is 1.52 bits per heavy atom. The van der Waals surface area contributed by atoms with E-state index < -0.39 is 0 Å². The molecule has 2 aromatic rings. The van der Waals surface area contributed by atoms with Crippen LogP contribution in [0.4, 0.5) is 0 Å². The van der Waals surface area contributed by atoms with Gasteiger partial charge < -0.3 is 19.4 Å². The molecule has 7 nitrogen and oxygen atoms in total. The number of hydrogen-bond donors (Lipinski definition) is 1. The predicted octanol–water partition coefficient (Wildman–Crippen LogP) is 1.27. The van der Waals surface area contributed by atoms with Gasteiger partial charge in [0.1, 0.15) is 0 Å². The van der Waals surface area contributed by atoms with Crippen LogP contribution in [0.15, 0.2) is 27.3 Å². The van der Waals surface area contributed by atoms with Crippen molar-refractivity contribution < 1.29 is 13.7 Å². The lowest BCUT2D eigenvalue weighted by Crippen LogP contribution is -2.48. The van der Waals surface area contributed by atoms with E-state index in [1.165, 1.54) is 0 Å². The molecule has 21 heavy (non-hydrogen) atoms. The van der Waals surface area contributed by atoms with Gasteiger partial charge in [-0.15, -0.1) is 0 Å². The van der Waals surface area contributed by atoms with Crippen molar-refractivity contribution in [1.82, 2.24) is 15.0 Å². The first-order chi connectivity index (χ1) is 10.3. The van der Waals surface area contributed by atoms with Gasteiger partial charge in [0.15, 0.2) is 5.76 Å². The number of nitrogens with two attached hydrogens (primary N) is 1. The molecular weight excluding hydrogens is 272 g/mol. The van der Waals surface area contributed by atoms with E-state index in [4.69, 9.17) is 19.4 Å². The van der Waals surface area contributed by atoms with Gasteiger partial charge in [-0.3, -0.25) is 4.90 Å². The van der Waals surface area contributed by atoms with Crippen LogP contribution < -0.4 is 5.73 Å². The third kappa shape index (κ3) is 3.15. The van der Waals surface area contributed by atoms with E-state index in [2.05, 4.69) is 15.0 Å². The minimum atomic E-state index is 0.280. The Bertz CT molecular complexity index is 554. The molecule has 0 bridgehead atoms. The third-order valence-corrected chi connectivity index (χ3v) is 3.94. The predicted molar refractivity (Wildman–Crippen MR) is 75.3 cm³/mol. The summed E-state index contributed by atoms with van der Waals surface area (Å²) in [5.41, 5.74) is 5.87. The summed E-state index contributed by atoms with van der Waals surface area (Å²) in [4.78, 5) is 6.64. The molecular formula is C14H20N4O3. The number of hydrogen-bond acceptors (Lipinski definition) is 7. The van der Waals surface area contributed by atoms with Gasteiger partial charge >= 0.3 is 0 Å². The highest BCUT2D eigenvalue weighted by atomic mass is 16.5. The summed E-state index contributed by atoms with van der Waals surface area (Å²) in [5, 5.41) is 3.94. The Morgan fingerprint density at radius 2 is 2.43 bits per heavy atom. The van der Waals surface area contributed by atoms with Crippen LogP contribution in [0.2, 0.25) is 0 Å². The third-order valence-electron chi connectivity index (χ3n) is 3.94. The van der Waals surface area contributed by atoms with Crippen molar-refractivity contribution in [2.24, 2.45) is 5.73 Å². The van der Waals surface area contributed by atoms with Crippen LogP contribution in [0, 0.1) is 0 Å². The Kier molecular flexibility index (Phi) is 4.33. The maximum Gasteiger partial charge on any atom is 0.241 e. The quantitative estimate of drug-likeness (QED) is 0.887. The summed E-state index contributed by atoms with van der Waals surface area (Å²) in [5.74, 6) is 1.67. The number of likely N-dealkylation sites (tertiary alicyclic amines) is 1. The number of piperidine rings is 1. The molecule has 2 atom stereocenters. The van der Waals surface area contributed by atoms with Gasteiger partial charge in [0.25, 0.3) is 0 Å². The van der Waals surface area contributed by atoms with E-state index in [1.54, 1.807) is 25.5 Å². The summed E-state index contributed by atoms with van der Waals surface area (Å²) in [6, 6.07) is 3.88. The molecule has 7 heteroatoms. The number of rotatable bonds is 5. The zero-order chi connectivity index (χ0) is 14.7. The first-order valence-corrected chi connectivity index (χ1v) is 7.13. The average Bonchev–Trinajstić information content (AvgIpc) is 3.18. The zero-order valence-electron chi connectivity index (χ0n) is 12.1. The number of furan rings is 1. The van der Waals surface area contributed by atoms with E-state index in [-0.39, 0.29) is 12.1 Å². The van der Waals surface area contributed by atoms with Crippen molar-refractivity contribution in [3.63, 3.8) is 0 Å². The van der Waals surface area contributed by atoms with Gasteiger partial charge in [-0.2, -0.15) is 4.98 Å². The molecule has 0 aliphatic carbocycles. The maximum absolute atomic E-state index is 5.87. The van der Waals surface area contributed by atoms with E-state index in [1.807, 2.05) is 0 Å². The van der Waals surface area contributed by atoms with E-state index in [0.717, 1.165) is 19.4 Å². The normalized spacial score (nSPS) is 23.5. The van der Waals surface area contributed by atoms with Crippen LogP contribution >= 0.6 is 0 Å². The van der Waals surface area contributed by atoms with Gasteiger partial charge in [0.2, 0.25) is 11.7 Å². The van der Waals surface area contributed by atoms with Crippen molar-refractivity contribution in [1.29, 1.82) is 0 Å². The number of methoxy groups -OCH3 is 1. The zero-order valence-corrected chi connectivity index (χ0v) is 12.1. The highest BCUT2D eigenvalue weighted by Gasteiger charge is 2.28. The average molecular weight is 292 g/mol. The largest absolute Gasteiger partial charge is 0.461 e. The summed E-state index contributed by atoms with van der Waals surface area (Å²) in [7, 11) is 1.75. The van der Waals surface area contributed by atoms with Crippen molar-refractivity contribution in [3.05, 3.63) is 24.3 Å². The second kappa shape index (κ2) is 6.38. The smallest absolute Gasteiger partial charge is 0.241 e. The van der Waals surface area contributed by atoms with Gasteiger partial charge in [-0.25, -0.2) is 0 Å². The summed E-state index contributed by atoms with van der Waals surface area (Å²) in [6.45, 7) is 2.11. The van der Waals surface area contributed by atoms with Crippen LogP contribution in [0.1, 0.15) is 18.7 Å². The van der Waals surface area contributed by atoms with Crippen LogP contribution in [0.3, 0.4) is 0 Å². The molecule has 2 aromatic heterocycles. The first kappa shape index (κ1) is 14.2. The minimum Gasteiger partial charge on any atom is -0.461 e. The lowest BCUT2D eigenvalue weighted by atomic mass is 9.99. The molecule has 0 spiro atoms. The first-order valence-electron chi connectivity index (χ1n) is 7.13. The molecule has 3 heterocycles. The molecule has 1 fully saturated rings. The monoisotopic (exact) mass is 292 g/mol. The Hall–Kier alpha value is -1.70. The fraction of sp³-hybridized carbons (Fsp3) is 0.571. The van der Waals surface area contributed by atoms with Gasteiger partial charge in [-0.1, -0.05) is 5.16 Å². The van der Waals surface area contributed by atoms with Crippen LogP contribution in [0.5, 0.6) is 0 Å². The fourth-order valence-electron chi connectivity index (χ4n) is 2.73. The lowest BCUT2D eigenvalue weighted by molar-refractivity contribution is 0.00676. The standard InChI is InChI=1S/C14H20N4O3/c1-19-11-4-5-18(10(7-11)8-15)9-13-16-14(17-21-13)12-3-2-6-20-12/h2-3,6,10-11H,4-5,7-9,15H2,1H3. The molecule has 2 N–H and O–H groups in total. The number of aromatic nitrogens is 2. The Morgan fingerprint density at radius 3 is 3.14 bits per heavy atom. The topological polar surface area (TPSA) is 90.5 Å². The molecule has 0 saturated carbocycles. The minimum absolute atomic E-state index is 0.280.